The van der Waals surface area contributed by atoms with Crippen molar-refractivity contribution in [1.29, 1.82) is 0 Å². The summed E-state index contributed by atoms with van der Waals surface area (Å²) in [5.41, 5.74) is 2.73. The zero-order chi connectivity index (χ0) is 16.1. The summed E-state index contributed by atoms with van der Waals surface area (Å²) in [6, 6.07) is 9.47. The van der Waals surface area contributed by atoms with Crippen LogP contribution >= 0.6 is 0 Å². The topological polar surface area (TPSA) is 35.9 Å². The average molecular weight is 318 g/mol. The van der Waals surface area contributed by atoms with E-state index in [9.17, 15) is 5.11 Å². The molecule has 2 aliphatic heterocycles. The maximum Gasteiger partial charge on any atom is 0.0793 e. The van der Waals surface area contributed by atoms with E-state index in [-0.39, 0.29) is 6.10 Å². The Morgan fingerprint density at radius 3 is 2.61 bits per heavy atom. The van der Waals surface area contributed by atoms with Crippen LogP contribution in [0.1, 0.15) is 24.0 Å². The Labute approximate surface area is 140 Å². The van der Waals surface area contributed by atoms with E-state index in [4.69, 9.17) is 4.74 Å². The highest BCUT2D eigenvalue weighted by Gasteiger charge is 2.27. The van der Waals surface area contributed by atoms with Gasteiger partial charge in [-0.2, -0.15) is 0 Å². The Morgan fingerprint density at radius 2 is 1.87 bits per heavy atom. The van der Waals surface area contributed by atoms with Crippen molar-refractivity contribution in [2.24, 2.45) is 0 Å². The molecule has 4 nitrogen and oxygen atoms in total. The lowest BCUT2D eigenvalue weighted by Crippen LogP contribution is -2.45. The third-order valence-electron chi connectivity index (χ3n) is 5.11. The molecule has 2 aliphatic rings. The zero-order valence-electron chi connectivity index (χ0n) is 14.3. The first kappa shape index (κ1) is 16.9. The average Bonchev–Trinajstić information content (AvgIpc) is 2.97. The fourth-order valence-electron chi connectivity index (χ4n) is 3.77. The van der Waals surface area contributed by atoms with Crippen LogP contribution in [0.2, 0.25) is 0 Å². The smallest absolute Gasteiger partial charge is 0.0793 e. The van der Waals surface area contributed by atoms with E-state index < -0.39 is 0 Å². The van der Waals surface area contributed by atoms with Gasteiger partial charge in [-0.1, -0.05) is 29.8 Å². The Bertz CT molecular complexity index is 471. The number of aliphatic hydroxyl groups is 1. The molecule has 0 spiro atoms. The molecule has 0 aromatic heterocycles. The molecule has 2 unspecified atom stereocenters. The number of likely N-dealkylation sites (tertiary alicyclic amines) is 1. The number of aliphatic hydroxyl groups excluding tert-OH is 1. The number of morpholine rings is 1. The molecule has 2 fully saturated rings. The van der Waals surface area contributed by atoms with Gasteiger partial charge in [-0.25, -0.2) is 0 Å². The van der Waals surface area contributed by atoms with Gasteiger partial charge in [0, 0.05) is 32.2 Å². The number of β-amino-alcohol motifs (C(OH)–C–C–N with tert-alkyl or cyclic N) is 1. The molecular formula is C19H30N2O2. The van der Waals surface area contributed by atoms with Crippen LogP contribution in [0.25, 0.3) is 0 Å². The minimum absolute atomic E-state index is 0.258. The largest absolute Gasteiger partial charge is 0.390 e. The second kappa shape index (κ2) is 8.25. The standard InChI is InChI=1S/C19H30N2O2/c1-16-4-6-17(7-5-16)13-18-3-2-8-21(18)15-19(22)14-20-9-11-23-12-10-20/h4-7,18-19,22H,2-3,8-15H2,1H3. The van der Waals surface area contributed by atoms with E-state index in [2.05, 4.69) is 41.0 Å². The molecule has 0 saturated carbocycles. The van der Waals surface area contributed by atoms with E-state index >= 15 is 0 Å². The normalized spacial score (nSPS) is 24.9. The SMILES string of the molecule is Cc1ccc(CC2CCCN2CC(O)CN2CCOCC2)cc1. The number of hydrogen-bond acceptors (Lipinski definition) is 4. The number of nitrogens with zero attached hydrogens (tertiary/aromatic N) is 2. The van der Waals surface area contributed by atoms with Crippen molar-refractivity contribution in [2.45, 2.75) is 38.3 Å². The summed E-state index contributed by atoms with van der Waals surface area (Å²) in [4.78, 5) is 4.81. The van der Waals surface area contributed by atoms with Gasteiger partial charge < -0.3 is 9.84 Å². The molecule has 1 aromatic rings. The fourth-order valence-corrected chi connectivity index (χ4v) is 3.77. The Balaban J connectivity index is 1.48. The summed E-state index contributed by atoms with van der Waals surface area (Å²) >= 11 is 0. The maximum atomic E-state index is 10.5. The van der Waals surface area contributed by atoms with Gasteiger partial charge in [0.15, 0.2) is 0 Å². The highest BCUT2D eigenvalue weighted by atomic mass is 16.5. The lowest BCUT2D eigenvalue weighted by Gasteiger charge is -2.32. The third kappa shape index (κ3) is 5.01. The summed E-state index contributed by atoms with van der Waals surface area (Å²) in [6.07, 6.45) is 3.34. The van der Waals surface area contributed by atoms with Gasteiger partial charge in [0.2, 0.25) is 0 Å². The second-order valence-corrected chi connectivity index (χ2v) is 7.05. The van der Waals surface area contributed by atoms with E-state index in [1.807, 2.05) is 0 Å². The van der Waals surface area contributed by atoms with Crippen molar-refractivity contribution in [1.82, 2.24) is 9.80 Å². The number of hydrogen-bond donors (Lipinski definition) is 1. The van der Waals surface area contributed by atoms with Gasteiger partial charge in [0.1, 0.15) is 0 Å². The lowest BCUT2D eigenvalue weighted by atomic mass is 10.0. The molecule has 2 atom stereocenters. The van der Waals surface area contributed by atoms with Crippen molar-refractivity contribution in [3.05, 3.63) is 35.4 Å². The van der Waals surface area contributed by atoms with E-state index in [0.29, 0.717) is 6.04 Å². The Kier molecular flexibility index (Phi) is 6.06. The van der Waals surface area contributed by atoms with Crippen molar-refractivity contribution in [3.8, 4) is 0 Å². The number of ether oxygens (including phenoxy) is 1. The number of benzene rings is 1. The van der Waals surface area contributed by atoms with Gasteiger partial charge in [0.25, 0.3) is 0 Å². The highest BCUT2D eigenvalue weighted by Crippen LogP contribution is 2.21. The van der Waals surface area contributed by atoms with Crippen LogP contribution in [-0.4, -0.2) is 73.0 Å². The lowest BCUT2D eigenvalue weighted by molar-refractivity contribution is 0.00592. The van der Waals surface area contributed by atoms with Crippen LogP contribution in [0, 0.1) is 6.92 Å². The van der Waals surface area contributed by atoms with Crippen molar-refractivity contribution >= 4 is 0 Å². The number of aryl methyl sites for hydroxylation is 1. The van der Waals surface area contributed by atoms with Crippen LogP contribution < -0.4 is 0 Å². The van der Waals surface area contributed by atoms with E-state index in [1.54, 1.807) is 0 Å². The van der Waals surface area contributed by atoms with Crippen LogP contribution in [0.15, 0.2) is 24.3 Å². The van der Waals surface area contributed by atoms with Crippen LogP contribution in [0.4, 0.5) is 0 Å². The summed E-state index contributed by atoms with van der Waals surface area (Å²) < 4.78 is 5.37. The van der Waals surface area contributed by atoms with Crippen molar-refractivity contribution in [2.75, 3.05) is 45.9 Å². The van der Waals surface area contributed by atoms with Gasteiger partial charge in [0.05, 0.1) is 19.3 Å². The second-order valence-electron chi connectivity index (χ2n) is 7.05. The fraction of sp³-hybridized carbons (Fsp3) is 0.684. The highest BCUT2D eigenvalue weighted by molar-refractivity contribution is 5.22. The molecule has 128 valence electrons. The summed E-state index contributed by atoms with van der Waals surface area (Å²) in [6.45, 7) is 8.32. The van der Waals surface area contributed by atoms with Crippen LogP contribution in [-0.2, 0) is 11.2 Å². The minimum atomic E-state index is -0.258. The van der Waals surface area contributed by atoms with Crippen LogP contribution in [0.3, 0.4) is 0 Å². The minimum Gasteiger partial charge on any atom is -0.390 e. The molecular weight excluding hydrogens is 288 g/mol. The first-order chi connectivity index (χ1) is 11.2. The molecule has 0 aliphatic carbocycles. The maximum absolute atomic E-state index is 10.5. The zero-order valence-corrected chi connectivity index (χ0v) is 14.3. The number of rotatable bonds is 6. The summed E-state index contributed by atoms with van der Waals surface area (Å²) in [5.74, 6) is 0. The Morgan fingerprint density at radius 1 is 1.13 bits per heavy atom. The van der Waals surface area contributed by atoms with Crippen molar-refractivity contribution < 1.29 is 9.84 Å². The monoisotopic (exact) mass is 318 g/mol. The van der Waals surface area contributed by atoms with E-state index in [0.717, 1.165) is 52.4 Å². The molecule has 0 radical (unpaired) electrons. The molecule has 0 bridgehead atoms. The molecule has 2 heterocycles. The predicted octanol–water partition coefficient (Wildman–Crippen LogP) is 1.70. The molecule has 1 aromatic carbocycles. The molecule has 0 amide bonds. The van der Waals surface area contributed by atoms with E-state index in [1.165, 1.54) is 24.0 Å². The van der Waals surface area contributed by atoms with Gasteiger partial charge in [-0.3, -0.25) is 9.80 Å². The molecule has 23 heavy (non-hydrogen) atoms. The first-order valence-electron chi connectivity index (χ1n) is 8.98. The van der Waals surface area contributed by atoms with Crippen molar-refractivity contribution in [3.63, 3.8) is 0 Å². The van der Waals surface area contributed by atoms with Gasteiger partial charge in [-0.05, 0) is 38.3 Å². The Hall–Kier alpha value is -0.940. The predicted molar refractivity (Wildman–Crippen MR) is 92.7 cm³/mol. The molecule has 4 heteroatoms. The molecule has 2 saturated heterocycles. The third-order valence-corrected chi connectivity index (χ3v) is 5.11. The quantitative estimate of drug-likeness (QED) is 0.866. The van der Waals surface area contributed by atoms with Gasteiger partial charge in [-0.15, -0.1) is 0 Å². The summed E-state index contributed by atoms with van der Waals surface area (Å²) in [7, 11) is 0. The van der Waals surface area contributed by atoms with Crippen LogP contribution in [0.5, 0.6) is 0 Å². The summed E-state index contributed by atoms with van der Waals surface area (Å²) in [5, 5.41) is 10.5. The van der Waals surface area contributed by atoms with Gasteiger partial charge >= 0.3 is 0 Å². The molecule has 1 N–H and O–H groups in total. The molecule has 3 rings (SSSR count). The first-order valence-corrected chi connectivity index (χ1v) is 8.98.